The van der Waals surface area contributed by atoms with E-state index in [0.717, 1.165) is 18.4 Å². The van der Waals surface area contributed by atoms with Crippen molar-refractivity contribution >= 4 is 21.4 Å². The third-order valence-electron chi connectivity index (χ3n) is 5.42. The van der Waals surface area contributed by atoms with Crippen LogP contribution in [0.2, 0.25) is 0 Å². The molecule has 0 aliphatic carbocycles. The first kappa shape index (κ1) is 19.8. The molecule has 1 atom stereocenters. The first-order valence-corrected chi connectivity index (χ1v) is 11.1. The number of rotatable bonds is 5. The first-order valence-electron chi connectivity index (χ1n) is 9.67. The number of non-ortho nitro benzene ring substituents is 1. The van der Waals surface area contributed by atoms with E-state index in [2.05, 4.69) is 0 Å². The van der Waals surface area contributed by atoms with E-state index >= 15 is 0 Å². The van der Waals surface area contributed by atoms with Crippen molar-refractivity contribution in [1.82, 2.24) is 4.31 Å². The number of anilines is 1. The zero-order chi connectivity index (χ0) is 20.4. The number of ether oxygens (including phenoxy) is 1. The molecule has 0 bridgehead atoms. The molecule has 0 amide bonds. The van der Waals surface area contributed by atoms with Gasteiger partial charge in [-0.3, -0.25) is 10.1 Å². The Morgan fingerprint density at radius 1 is 1.03 bits per heavy atom. The molecule has 0 saturated carbocycles. The molecule has 2 aliphatic rings. The number of hydrogen-bond acceptors (Lipinski definition) is 6. The molecular formula is C20H23N3O5S. The van der Waals surface area contributed by atoms with Crippen molar-refractivity contribution in [1.29, 1.82) is 0 Å². The van der Waals surface area contributed by atoms with Crippen LogP contribution in [0.5, 0.6) is 0 Å². The van der Waals surface area contributed by atoms with Crippen molar-refractivity contribution in [2.45, 2.75) is 23.8 Å². The molecule has 154 valence electrons. The van der Waals surface area contributed by atoms with E-state index in [1.54, 1.807) is 6.07 Å². The van der Waals surface area contributed by atoms with E-state index in [1.165, 1.54) is 16.4 Å². The summed E-state index contributed by atoms with van der Waals surface area (Å²) in [4.78, 5) is 12.7. The molecule has 2 saturated heterocycles. The molecule has 2 aromatic carbocycles. The SMILES string of the molecule is O=[N+]([O-])c1ccc(N2CCO[C@@H](c3ccccc3)C2)c(S(=O)(=O)N2CCCC2)c1. The average molecular weight is 417 g/mol. The van der Waals surface area contributed by atoms with Crippen molar-refractivity contribution in [3.05, 3.63) is 64.2 Å². The number of nitrogens with zero attached hydrogens (tertiary/aromatic N) is 3. The summed E-state index contributed by atoms with van der Waals surface area (Å²) in [6.45, 7) is 2.33. The maximum atomic E-state index is 13.3. The second-order valence-corrected chi connectivity index (χ2v) is 9.14. The highest BCUT2D eigenvalue weighted by molar-refractivity contribution is 7.89. The summed E-state index contributed by atoms with van der Waals surface area (Å²) in [6, 6.07) is 13.9. The van der Waals surface area contributed by atoms with Gasteiger partial charge in [-0.2, -0.15) is 4.31 Å². The zero-order valence-corrected chi connectivity index (χ0v) is 16.8. The molecule has 0 aromatic heterocycles. The highest BCUT2D eigenvalue weighted by Gasteiger charge is 2.33. The summed E-state index contributed by atoms with van der Waals surface area (Å²) >= 11 is 0. The highest BCUT2D eigenvalue weighted by Crippen LogP contribution is 2.35. The molecule has 0 unspecified atom stereocenters. The van der Waals surface area contributed by atoms with Gasteiger partial charge in [-0.1, -0.05) is 30.3 Å². The summed E-state index contributed by atoms with van der Waals surface area (Å²) in [5, 5.41) is 11.3. The lowest BCUT2D eigenvalue weighted by Gasteiger charge is -2.36. The molecule has 0 spiro atoms. The van der Waals surface area contributed by atoms with Crippen LogP contribution in [0.1, 0.15) is 24.5 Å². The summed E-state index contributed by atoms with van der Waals surface area (Å²) in [6.07, 6.45) is 1.41. The van der Waals surface area contributed by atoms with Gasteiger partial charge in [0.25, 0.3) is 5.69 Å². The number of sulfonamides is 1. The van der Waals surface area contributed by atoms with E-state index in [4.69, 9.17) is 4.74 Å². The number of morpholine rings is 1. The Bertz CT molecular complexity index is 990. The maximum Gasteiger partial charge on any atom is 0.270 e. The Labute approximate surface area is 169 Å². The maximum absolute atomic E-state index is 13.3. The van der Waals surface area contributed by atoms with E-state index < -0.39 is 14.9 Å². The molecule has 2 fully saturated rings. The molecule has 2 heterocycles. The van der Waals surface area contributed by atoms with Crippen LogP contribution in [0.4, 0.5) is 11.4 Å². The Morgan fingerprint density at radius 3 is 2.45 bits per heavy atom. The van der Waals surface area contributed by atoms with Gasteiger partial charge in [0, 0.05) is 38.3 Å². The van der Waals surface area contributed by atoms with Gasteiger partial charge in [0.05, 0.1) is 17.2 Å². The number of benzene rings is 2. The fourth-order valence-electron chi connectivity index (χ4n) is 3.89. The lowest BCUT2D eigenvalue weighted by molar-refractivity contribution is -0.385. The first-order chi connectivity index (χ1) is 14.0. The minimum absolute atomic E-state index is 0.00214. The van der Waals surface area contributed by atoms with Gasteiger partial charge < -0.3 is 9.64 Å². The minimum atomic E-state index is -3.81. The summed E-state index contributed by atoms with van der Waals surface area (Å²) in [5.74, 6) is 0. The van der Waals surface area contributed by atoms with Crippen LogP contribution < -0.4 is 4.90 Å². The fraction of sp³-hybridized carbons (Fsp3) is 0.400. The summed E-state index contributed by atoms with van der Waals surface area (Å²) in [7, 11) is -3.81. The summed E-state index contributed by atoms with van der Waals surface area (Å²) < 4.78 is 33.9. The van der Waals surface area contributed by atoms with Gasteiger partial charge >= 0.3 is 0 Å². The molecule has 0 N–H and O–H groups in total. The molecule has 0 radical (unpaired) electrons. The number of nitro groups is 1. The second kappa shape index (κ2) is 8.10. The lowest BCUT2D eigenvalue weighted by atomic mass is 10.1. The van der Waals surface area contributed by atoms with Crippen molar-refractivity contribution in [3.63, 3.8) is 0 Å². The van der Waals surface area contributed by atoms with Crippen molar-refractivity contribution in [3.8, 4) is 0 Å². The average Bonchev–Trinajstić information content (AvgIpc) is 3.30. The van der Waals surface area contributed by atoms with Gasteiger partial charge in [-0.05, 0) is 24.5 Å². The van der Waals surface area contributed by atoms with Gasteiger partial charge in [-0.25, -0.2) is 8.42 Å². The van der Waals surface area contributed by atoms with E-state index in [-0.39, 0.29) is 16.7 Å². The van der Waals surface area contributed by atoms with Gasteiger partial charge in [-0.15, -0.1) is 0 Å². The van der Waals surface area contributed by atoms with Crippen molar-refractivity contribution in [2.24, 2.45) is 0 Å². The standard InChI is InChI=1S/C20H23N3O5S/c24-23(25)17-8-9-18(20(14-17)29(26,27)22-10-4-5-11-22)21-12-13-28-19(15-21)16-6-2-1-3-7-16/h1-3,6-9,14,19H,4-5,10-13,15H2/t19-/m1/s1. The lowest BCUT2D eigenvalue weighted by Crippen LogP contribution is -2.39. The predicted molar refractivity (Wildman–Crippen MR) is 108 cm³/mol. The third-order valence-corrected chi connectivity index (χ3v) is 7.34. The Kier molecular flexibility index (Phi) is 5.53. The van der Waals surface area contributed by atoms with E-state index in [0.29, 0.717) is 38.5 Å². The molecule has 29 heavy (non-hydrogen) atoms. The third kappa shape index (κ3) is 3.98. The second-order valence-electron chi connectivity index (χ2n) is 7.24. The van der Waals surface area contributed by atoms with Crippen LogP contribution >= 0.6 is 0 Å². The van der Waals surface area contributed by atoms with Crippen LogP contribution in [-0.2, 0) is 14.8 Å². The molecule has 9 heteroatoms. The molecule has 8 nitrogen and oxygen atoms in total. The fourth-order valence-corrected chi connectivity index (χ4v) is 5.64. The molecule has 4 rings (SSSR count). The van der Waals surface area contributed by atoms with Crippen LogP contribution in [0, 0.1) is 10.1 Å². The molecular weight excluding hydrogens is 394 g/mol. The molecule has 2 aromatic rings. The van der Waals surface area contributed by atoms with Crippen LogP contribution in [-0.4, -0.2) is 50.4 Å². The van der Waals surface area contributed by atoms with Crippen LogP contribution in [0.15, 0.2) is 53.4 Å². The van der Waals surface area contributed by atoms with Gasteiger partial charge in [0.2, 0.25) is 10.0 Å². The predicted octanol–water partition coefficient (Wildman–Crippen LogP) is 2.96. The van der Waals surface area contributed by atoms with Gasteiger partial charge in [0.15, 0.2) is 0 Å². The topological polar surface area (TPSA) is 93.0 Å². The highest BCUT2D eigenvalue weighted by atomic mass is 32.2. The number of hydrogen-bond donors (Lipinski definition) is 0. The van der Waals surface area contributed by atoms with Crippen molar-refractivity contribution in [2.75, 3.05) is 37.7 Å². The quantitative estimate of drug-likeness (QED) is 0.549. The Morgan fingerprint density at radius 2 is 1.76 bits per heavy atom. The van der Waals surface area contributed by atoms with Crippen molar-refractivity contribution < 1.29 is 18.1 Å². The Hall–Kier alpha value is -2.49. The smallest absolute Gasteiger partial charge is 0.270 e. The normalized spacial score (nSPS) is 20.7. The largest absolute Gasteiger partial charge is 0.370 e. The minimum Gasteiger partial charge on any atom is -0.370 e. The van der Waals surface area contributed by atoms with Crippen LogP contribution in [0.3, 0.4) is 0 Å². The zero-order valence-electron chi connectivity index (χ0n) is 15.9. The Balaban J connectivity index is 1.72. The van der Waals surface area contributed by atoms with Gasteiger partial charge in [0.1, 0.15) is 11.0 Å². The van der Waals surface area contributed by atoms with E-state index in [9.17, 15) is 18.5 Å². The summed E-state index contributed by atoms with van der Waals surface area (Å²) in [5.41, 5.74) is 1.29. The van der Waals surface area contributed by atoms with E-state index in [1.807, 2.05) is 35.2 Å². The molecule has 2 aliphatic heterocycles. The van der Waals surface area contributed by atoms with Crippen LogP contribution in [0.25, 0.3) is 0 Å². The monoisotopic (exact) mass is 417 g/mol. The number of nitro benzene ring substituents is 1.